The summed E-state index contributed by atoms with van der Waals surface area (Å²) >= 11 is 0. The number of fused-ring (bicyclic) bond motifs is 1. The fourth-order valence-electron chi connectivity index (χ4n) is 2.26. The van der Waals surface area contributed by atoms with Crippen molar-refractivity contribution in [1.82, 2.24) is 9.97 Å². The minimum absolute atomic E-state index is 0.0108. The standard InChI is InChI=1S/C15H18N4O/c1-3-16-14-12-8-18-13(7-10(12)4-5-17-14)19-15(20)11-6-9(11)2/h4-5,7-9,11H,3,6H2,1-2H3,(H,16,17)(H,18,19,20)/t9-,11+/m1/s1/i3D2. The zero-order chi connectivity index (χ0) is 15.9. The molecule has 2 heterocycles. The molecule has 0 unspecified atom stereocenters. The summed E-state index contributed by atoms with van der Waals surface area (Å²) in [5, 5.41) is 7.10. The summed E-state index contributed by atoms with van der Waals surface area (Å²) in [6.45, 7) is 1.91. The minimum atomic E-state index is -1.57. The van der Waals surface area contributed by atoms with Gasteiger partial charge in [0.1, 0.15) is 11.6 Å². The lowest BCUT2D eigenvalue weighted by atomic mass is 10.2. The third kappa shape index (κ3) is 2.43. The van der Waals surface area contributed by atoms with Crippen LogP contribution in [-0.2, 0) is 4.79 Å². The lowest BCUT2D eigenvalue weighted by Gasteiger charge is -2.08. The van der Waals surface area contributed by atoms with Crippen molar-refractivity contribution in [2.24, 2.45) is 11.8 Å². The first-order valence-corrected chi connectivity index (χ1v) is 6.67. The lowest BCUT2D eigenvalue weighted by Crippen LogP contribution is -2.15. The molecule has 1 saturated carbocycles. The molecule has 104 valence electrons. The van der Waals surface area contributed by atoms with E-state index in [0.29, 0.717) is 22.9 Å². The minimum Gasteiger partial charge on any atom is -0.370 e. The molecular formula is C15H18N4O. The van der Waals surface area contributed by atoms with E-state index in [1.54, 1.807) is 18.5 Å². The number of rotatable bonds is 4. The predicted molar refractivity (Wildman–Crippen MR) is 79.6 cm³/mol. The molecule has 5 heteroatoms. The predicted octanol–water partition coefficient (Wildman–Crippen LogP) is 2.66. The average molecular weight is 272 g/mol. The molecule has 0 bridgehead atoms. The smallest absolute Gasteiger partial charge is 0.228 e. The molecule has 2 aromatic rings. The molecular weight excluding hydrogens is 252 g/mol. The van der Waals surface area contributed by atoms with Crippen molar-refractivity contribution in [3.8, 4) is 0 Å². The second-order valence-corrected chi connectivity index (χ2v) is 5.13. The molecule has 3 rings (SSSR count). The van der Waals surface area contributed by atoms with Gasteiger partial charge in [-0.25, -0.2) is 9.97 Å². The van der Waals surface area contributed by atoms with E-state index in [0.717, 1.165) is 11.8 Å². The Balaban J connectivity index is 1.86. The number of hydrogen-bond acceptors (Lipinski definition) is 4. The number of nitrogens with one attached hydrogen (secondary N) is 2. The van der Waals surface area contributed by atoms with Crippen LogP contribution in [0.1, 0.15) is 23.0 Å². The fraction of sp³-hybridized carbons (Fsp3) is 0.400. The summed E-state index contributed by atoms with van der Waals surface area (Å²) < 4.78 is 15.2. The first-order chi connectivity index (χ1) is 10.3. The van der Waals surface area contributed by atoms with Crippen LogP contribution in [0, 0.1) is 11.8 Å². The SMILES string of the molecule is [2H]C([2H])(C)Nc1nccc2cc(NC(=O)[C@H]3C[C@H]3C)ncc12. The molecule has 20 heavy (non-hydrogen) atoms. The van der Waals surface area contributed by atoms with E-state index in [2.05, 4.69) is 27.5 Å². The van der Waals surface area contributed by atoms with Gasteiger partial charge in [0.15, 0.2) is 0 Å². The van der Waals surface area contributed by atoms with Gasteiger partial charge in [0.25, 0.3) is 0 Å². The molecule has 5 nitrogen and oxygen atoms in total. The Morgan fingerprint density at radius 3 is 3.05 bits per heavy atom. The second kappa shape index (κ2) is 5.07. The van der Waals surface area contributed by atoms with Crippen LogP contribution < -0.4 is 10.6 Å². The highest BCUT2D eigenvalue weighted by Crippen LogP contribution is 2.38. The number of amides is 1. The molecule has 0 spiro atoms. The number of hydrogen-bond donors (Lipinski definition) is 2. The van der Waals surface area contributed by atoms with E-state index >= 15 is 0 Å². The van der Waals surface area contributed by atoms with E-state index in [9.17, 15) is 4.79 Å². The van der Waals surface area contributed by atoms with Crippen LogP contribution in [0.15, 0.2) is 24.5 Å². The zero-order valence-corrected chi connectivity index (χ0v) is 11.5. The summed E-state index contributed by atoms with van der Waals surface area (Å²) in [6.07, 6.45) is 4.14. The normalized spacial score (nSPS) is 22.9. The van der Waals surface area contributed by atoms with Crippen LogP contribution in [0.3, 0.4) is 0 Å². The summed E-state index contributed by atoms with van der Waals surface area (Å²) in [5.74, 6) is 1.50. The van der Waals surface area contributed by atoms with Crippen molar-refractivity contribution >= 4 is 28.3 Å². The van der Waals surface area contributed by atoms with Crippen molar-refractivity contribution in [2.75, 3.05) is 17.1 Å². The number of carbonyl (C=O) groups excluding carboxylic acids is 1. The average Bonchev–Trinajstić information content (AvgIpc) is 3.14. The first kappa shape index (κ1) is 10.6. The van der Waals surface area contributed by atoms with E-state index in [-0.39, 0.29) is 11.8 Å². The maximum absolute atomic E-state index is 12.0. The van der Waals surface area contributed by atoms with Gasteiger partial charge < -0.3 is 10.6 Å². The largest absolute Gasteiger partial charge is 0.370 e. The summed E-state index contributed by atoms with van der Waals surface area (Å²) in [4.78, 5) is 20.3. The number of pyridine rings is 2. The van der Waals surface area contributed by atoms with E-state index in [4.69, 9.17) is 2.74 Å². The van der Waals surface area contributed by atoms with Crippen LogP contribution in [0.2, 0.25) is 0 Å². The highest BCUT2D eigenvalue weighted by molar-refractivity contribution is 5.97. The molecule has 0 saturated heterocycles. The maximum atomic E-state index is 12.0. The monoisotopic (exact) mass is 272 g/mol. The van der Waals surface area contributed by atoms with E-state index < -0.39 is 6.50 Å². The van der Waals surface area contributed by atoms with Gasteiger partial charge in [0.2, 0.25) is 5.91 Å². The molecule has 1 aliphatic rings. The zero-order valence-electron chi connectivity index (χ0n) is 13.5. The summed E-state index contributed by atoms with van der Waals surface area (Å²) in [6, 6.07) is 3.58. The summed E-state index contributed by atoms with van der Waals surface area (Å²) in [5.41, 5.74) is 0. The molecule has 2 atom stereocenters. The maximum Gasteiger partial charge on any atom is 0.228 e. The second-order valence-electron chi connectivity index (χ2n) is 5.13. The van der Waals surface area contributed by atoms with Crippen LogP contribution in [-0.4, -0.2) is 22.4 Å². The van der Waals surface area contributed by atoms with Crippen molar-refractivity contribution in [3.05, 3.63) is 24.5 Å². The van der Waals surface area contributed by atoms with Gasteiger partial charge in [-0.1, -0.05) is 6.92 Å². The molecule has 2 N–H and O–H groups in total. The highest BCUT2D eigenvalue weighted by atomic mass is 16.2. The molecule has 0 aliphatic heterocycles. The van der Waals surface area contributed by atoms with Gasteiger partial charge in [-0.15, -0.1) is 0 Å². The van der Waals surface area contributed by atoms with E-state index in [1.165, 1.54) is 6.92 Å². The summed E-state index contributed by atoms with van der Waals surface area (Å²) in [7, 11) is 0. The Morgan fingerprint density at radius 1 is 1.55 bits per heavy atom. The van der Waals surface area contributed by atoms with Crippen LogP contribution >= 0.6 is 0 Å². The molecule has 1 amide bonds. The fourth-order valence-corrected chi connectivity index (χ4v) is 2.26. The third-order valence-electron chi connectivity index (χ3n) is 3.59. The molecule has 0 radical (unpaired) electrons. The van der Waals surface area contributed by atoms with Gasteiger partial charge in [0.05, 0.1) is 0 Å². The number of aromatic nitrogens is 2. The van der Waals surface area contributed by atoms with Gasteiger partial charge in [-0.3, -0.25) is 4.79 Å². The quantitative estimate of drug-likeness (QED) is 0.898. The van der Waals surface area contributed by atoms with E-state index in [1.807, 2.05) is 6.07 Å². The number of carbonyl (C=O) groups is 1. The number of nitrogens with zero attached hydrogens (tertiary/aromatic N) is 2. The molecule has 1 fully saturated rings. The van der Waals surface area contributed by atoms with Crippen molar-refractivity contribution in [1.29, 1.82) is 0 Å². The van der Waals surface area contributed by atoms with Crippen molar-refractivity contribution in [2.45, 2.75) is 20.3 Å². The highest BCUT2D eigenvalue weighted by Gasteiger charge is 2.39. The van der Waals surface area contributed by atoms with Crippen LogP contribution in [0.4, 0.5) is 11.6 Å². The Bertz CT molecular complexity index is 729. The van der Waals surface area contributed by atoms with Crippen molar-refractivity contribution in [3.63, 3.8) is 0 Å². The molecule has 1 aliphatic carbocycles. The molecule has 0 aromatic carbocycles. The molecule has 2 aromatic heterocycles. The van der Waals surface area contributed by atoms with Gasteiger partial charge in [-0.05, 0) is 36.8 Å². The van der Waals surface area contributed by atoms with Gasteiger partial charge >= 0.3 is 0 Å². The first-order valence-electron chi connectivity index (χ1n) is 7.67. The Morgan fingerprint density at radius 2 is 2.35 bits per heavy atom. The van der Waals surface area contributed by atoms with Gasteiger partial charge in [-0.2, -0.15) is 0 Å². The van der Waals surface area contributed by atoms with Crippen molar-refractivity contribution < 1.29 is 7.54 Å². The van der Waals surface area contributed by atoms with Crippen LogP contribution in [0.5, 0.6) is 0 Å². The number of anilines is 2. The van der Waals surface area contributed by atoms with Crippen LogP contribution in [0.25, 0.3) is 10.8 Å². The third-order valence-corrected chi connectivity index (χ3v) is 3.59. The topological polar surface area (TPSA) is 66.9 Å². The Hall–Kier alpha value is -2.17. The Labute approximate surface area is 120 Å². The lowest BCUT2D eigenvalue weighted by molar-refractivity contribution is -0.117. The van der Waals surface area contributed by atoms with Gasteiger partial charge in [0, 0.05) is 32.9 Å². The Kier molecular flexibility index (Phi) is 2.69.